The lowest BCUT2D eigenvalue weighted by Gasteiger charge is -2.35. The summed E-state index contributed by atoms with van der Waals surface area (Å²) in [6, 6.07) is 0.819. The summed E-state index contributed by atoms with van der Waals surface area (Å²) in [5.74, 6) is 0. The molecule has 0 aliphatic carbocycles. The molecule has 1 aliphatic rings. The lowest BCUT2D eigenvalue weighted by molar-refractivity contribution is 0.140. The number of piperidine rings is 1. The van der Waals surface area contributed by atoms with Crippen LogP contribution in [-0.4, -0.2) is 54.6 Å². The van der Waals surface area contributed by atoms with Crippen molar-refractivity contribution in [2.75, 3.05) is 32.7 Å². The average Bonchev–Trinajstić information content (AvgIpc) is 2.38. The molecule has 0 spiro atoms. The van der Waals surface area contributed by atoms with Crippen LogP contribution in [0.1, 0.15) is 40.0 Å². The number of hydrogen-bond acceptors (Lipinski definition) is 2. The van der Waals surface area contributed by atoms with Gasteiger partial charge in [-0.05, 0) is 39.7 Å². The molecule has 0 atom stereocenters. The molecule has 1 heterocycles. The molecule has 2 amide bonds. The summed E-state index contributed by atoms with van der Waals surface area (Å²) in [7, 11) is 0. The Labute approximate surface area is 105 Å². The quantitative estimate of drug-likeness (QED) is 0.798. The highest BCUT2D eigenvalue weighted by Gasteiger charge is 2.24. The third kappa shape index (κ3) is 4.19. The molecule has 0 bridgehead atoms. The molecule has 1 fully saturated rings. The van der Waals surface area contributed by atoms with Crippen molar-refractivity contribution in [3.63, 3.8) is 0 Å². The first-order valence-electron chi connectivity index (χ1n) is 7.00. The van der Waals surface area contributed by atoms with E-state index in [0.29, 0.717) is 6.04 Å². The Kier molecular flexibility index (Phi) is 6.34. The lowest BCUT2D eigenvalue weighted by Crippen LogP contribution is -2.49. The minimum Gasteiger partial charge on any atom is -0.325 e. The minimum atomic E-state index is 0.212. The van der Waals surface area contributed by atoms with E-state index in [4.69, 9.17) is 0 Å². The summed E-state index contributed by atoms with van der Waals surface area (Å²) in [6.07, 6.45) is 3.36. The Hall–Kier alpha value is -0.770. The smallest absolute Gasteiger partial charge is 0.319 e. The predicted molar refractivity (Wildman–Crippen MR) is 71.2 cm³/mol. The summed E-state index contributed by atoms with van der Waals surface area (Å²) in [6.45, 7) is 10.8. The fraction of sp³-hybridized carbons (Fsp3) is 0.923. The Balaban J connectivity index is 2.33. The van der Waals surface area contributed by atoms with Crippen LogP contribution in [0.5, 0.6) is 0 Å². The van der Waals surface area contributed by atoms with Crippen LogP contribution in [0.15, 0.2) is 0 Å². The maximum absolute atomic E-state index is 12.1. The highest BCUT2D eigenvalue weighted by atomic mass is 16.2. The van der Waals surface area contributed by atoms with E-state index in [-0.39, 0.29) is 6.03 Å². The van der Waals surface area contributed by atoms with E-state index < -0.39 is 0 Å². The number of urea groups is 1. The molecular formula is C13H27N3O. The van der Waals surface area contributed by atoms with Crippen LogP contribution >= 0.6 is 0 Å². The maximum Gasteiger partial charge on any atom is 0.319 e. The Bertz CT molecular complexity index is 221. The SMILES string of the molecule is CCCNC1CCN(C(=O)N(CC)CC)CC1. The zero-order chi connectivity index (χ0) is 12.7. The van der Waals surface area contributed by atoms with E-state index in [9.17, 15) is 4.79 Å². The van der Waals surface area contributed by atoms with Gasteiger partial charge in [-0.15, -0.1) is 0 Å². The standard InChI is InChI=1S/C13H27N3O/c1-4-9-14-12-7-10-16(11-8-12)13(17)15(5-2)6-3/h12,14H,4-11H2,1-3H3. The predicted octanol–water partition coefficient (Wildman–Crippen LogP) is 1.91. The van der Waals surface area contributed by atoms with Gasteiger partial charge >= 0.3 is 6.03 Å². The van der Waals surface area contributed by atoms with Gasteiger partial charge in [0.05, 0.1) is 0 Å². The van der Waals surface area contributed by atoms with Gasteiger partial charge in [0.2, 0.25) is 0 Å². The van der Waals surface area contributed by atoms with E-state index in [0.717, 1.165) is 45.6 Å². The zero-order valence-electron chi connectivity index (χ0n) is 11.5. The van der Waals surface area contributed by atoms with Gasteiger partial charge in [0.15, 0.2) is 0 Å². The normalized spacial score (nSPS) is 17.2. The molecule has 17 heavy (non-hydrogen) atoms. The fourth-order valence-corrected chi connectivity index (χ4v) is 2.32. The molecule has 1 rings (SSSR count). The van der Waals surface area contributed by atoms with Crippen molar-refractivity contribution in [2.24, 2.45) is 0 Å². The fourth-order valence-electron chi connectivity index (χ4n) is 2.32. The summed E-state index contributed by atoms with van der Waals surface area (Å²) >= 11 is 0. The third-order valence-electron chi connectivity index (χ3n) is 3.48. The number of carbonyl (C=O) groups excluding carboxylic acids is 1. The number of amides is 2. The molecule has 0 saturated carbocycles. The number of nitrogens with one attached hydrogen (secondary N) is 1. The van der Waals surface area contributed by atoms with Crippen LogP contribution in [-0.2, 0) is 0 Å². The van der Waals surface area contributed by atoms with Crippen LogP contribution in [0.2, 0.25) is 0 Å². The zero-order valence-corrected chi connectivity index (χ0v) is 11.5. The van der Waals surface area contributed by atoms with Gasteiger partial charge in [-0.3, -0.25) is 0 Å². The number of likely N-dealkylation sites (tertiary alicyclic amines) is 1. The monoisotopic (exact) mass is 241 g/mol. The number of hydrogen-bond donors (Lipinski definition) is 1. The second-order valence-electron chi connectivity index (χ2n) is 4.67. The van der Waals surface area contributed by atoms with Crippen LogP contribution in [0, 0.1) is 0 Å². The highest BCUT2D eigenvalue weighted by molar-refractivity contribution is 5.74. The average molecular weight is 241 g/mol. The Morgan fingerprint density at radius 2 is 1.82 bits per heavy atom. The number of rotatable bonds is 5. The van der Waals surface area contributed by atoms with Crippen molar-refractivity contribution < 1.29 is 4.79 Å². The second-order valence-corrected chi connectivity index (χ2v) is 4.67. The van der Waals surface area contributed by atoms with Crippen molar-refractivity contribution in [3.05, 3.63) is 0 Å². The molecule has 0 radical (unpaired) electrons. The molecule has 1 aliphatic heterocycles. The molecule has 0 aromatic heterocycles. The third-order valence-corrected chi connectivity index (χ3v) is 3.48. The largest absolute Gasteiger partial charge is 0.325 e. The van der Waals surface area contributed by atoms with Gasteiger partial charge in [0.1, 0.15) is 0 Å². The minimum absolute atomic E-state index is 0.212. The van der Waals surface area contributed by atoms with Crippen LogP contribution in [0.25, 0.3) is 0 Å². The van der Waals surface area contributed by atoms with Gasteiger partial charge in [-0.1, -0.05) is 6.92 Å². The first-order chi connectivity index (χ1) is 8.22. The number of nitrogens with zero attached hydrogens (tertiary/aromatic N) is 2. The van der Waals surface area contributed by atoms with Gasteiger partial charge < -0.3 is 15.1 Å². The highest BCUT2D eigenvalue weighted by Crippen LogP contribution is 2.12. The lowest BCUT2D eigenvalue weighted by atomic mass is 10.1. The molecule has 4 nitrogen and oxygen atoms in total. The van der Waals surface area contributed by atoms with E-state index in [1.165, 1.54) is 6.42 Å². The van der Waals surface area contributed by atoms with Gasteiger partial charge in [-0.2, -0.15) is 0 Å². The van der Waals surface area contributed by atoms with Crippen molar-refractivity contribution in [2.45, 2.75) is 46.1 Å². The summed E-state index contributed by atoms with van der Waals surface area (Å²) < 4.78 is 0. The molecule has 0 aromatic rings. The molecule has 1 N–H and O–H groups in total. The molecule has 4 heteroatoms. The summed E-state index contributed by atoms with van der Waals surface area (Å²) in [5.41, 5.74) is 0. The van der Waals surface area contributed by atoms with E-state index in [1.807, 2.05) is 23.6 Å². The Morgan fingerprint density at radius 1 is 1.24 bits per heavy atom. The van der Waals surface area contributed by atoms with Crippen molar-refractivity contribution in [1.82, 2.24) is 15.1 Å². The van der Waals surface area contributed by atoms with Gasteiger partial charge in [0.25, 0.3) is 0 Å². The van der Waals surface area contributed by atoms with Crippen molar-refractivity contribution in [1.29, 1.82) is 0 Å². The van der Waals surface area contributed by atoms with Gasteiger partial charge in [-0.25, -0.2) is 4.79 Å². The topological polar surface area (TPSA) is 35.6 Å². The molecule has 0 aromatic carbocycles. The van der Waals surface area contributed by atoms with Crippen LogP contribution < -0.4 is 5.32 Å². The van der Waals surface area contributed by atoms with Crippen LogP contribution in [0.4, 0.5) is 4.79 Å². The second kappa shape index (κ2) is 7.54. The van der Waals surface area contributed by atoms with E-state index in [2.05, 4.69) is 12.2 Å². The summed E-state index contributed by atoms with van der Waals surface area (Å²) in [5, 5.41) is 3.54. The van der Waals surface area contributed by atoms with Gasteiger partial charge in [0, 0.05) is 32.2 Å². The van der Waals surface area contributed by atoms with E-state index >= 15 is 0 Å². The number of carbonyl (C=O) groups is 1. The molecule has 1 saturated heterocycles. The van der Waals surface area contributed by atoms with E-state index in [1.54, 1.807) is 0 Å². The van der Waals surface area contributed by atoms with Crippen molar-refractivity contribution in [3.8, 4) is 0 Å². The Morgan fingerprint density at radius 3 is 2.29 bits per heavy atom. The van der Waals surface area contributed by atoms with Crippen molar-refractivity contribution >= 4 is 6.03 Å². The maximum atomic E-state index is 12.1. The first-order valence-corrected chi connectivity index (χ1v) is 7.00. The first kappa shape index (κ1) is 14.3. The summed E-state index contributed by atoms with van der Waals surface area (Å²) in [4.78, 5) is 16.0. The molecule has 100 valence electrons. The molecule has 0 unspecified atom stereocenters. The van der Waals surface area contributed by atoms with Crippen LogP contribution in [0.3, 0.4) is 0 Å². The molecular weight excluding hydrogens is 214 g/mol.